The molecule has 158 valence electrons. The number of likely N-dealkylation sites (N-methyl/N-ethyl adjacent to an activating group) is 1. The first-order chi connectivity index (χ1) is 14.5. The molecule has 3 aromatic rings. The highest BCUT2D eigenvalue weighted by Crippen LogP contribution is 2.35. The van der Waals surface area contributed by atoms with Gasteiger partial charge in [0.25, 0.3) is 5.56 Å². The van der Waals surface area contributed by atoms with Gasteiger partial charge in [0, 0.05) is 18.5 Å². The van der Waals surface area contributed by atoms with E-state index in [4.69, 9.17) is 4.98 Å². The van der Waals surface area contributed by atoms with Crippen LogP contribution in [0.1, 0.15) is 28.5 Å². The zero-order chi connectivity index (χ0) is 21.3. The summed E-state index contributed by atoms with van der Waals surface area (Å²) in [6.07, 6.45) is 3.13. The average molecular weight is 443 g/mol. The topological polar surface area (TPSA) is 67.2 Å². The van der Waals surface area contributed by atoms with Gasteiger partial charge >= 0.3 is 0 Å². The molecule has 6 nitrogen and oxygen atoms in total. The van der Waals surface area contributed by atoms with Gasteiger partial charge in [-0.25, -0.2) is 4.98 Å². The van der Waals surface area contributed by atoms with E-state index in [1.54, 1.807) is 23.0 Å². The number of carbonyl (C=O) groups is 1. The largest absolute Gasteiger partial charge is 0.353 e. The molecule has 1 aliphatic rings. The van der Waals surface area contributed by atoms with Crippen molar-refractivity contribution in [3.05, 3.63) is 56.7 Å². The van der Waals surface area contributed by atoms with Crippen LogP contribution in [0.5, 0.6) is 0 Å². The van der Waals surface area contributed by atoms with Crippen LogP contribution in [0.2, 0.25) is 0 Å². The molecule has 0 bridgehead atoms. The van der Waals surface area contributed by atoms with Crippen molar-refractivity contribution in [1.29, 1.82) is 0 Å². The van der Waals surface area contributed by atoms with Crippen LogP contribution in [0.3, 0.4) is 0 Å². The molecule has 0 saturated heterocycles. The molecule has 0 unspecified atom stereocenters. The Morgan fingerprint density at radius 1 is 1.30 bits per heavy atom. The maximum Gasteiger partial charge on any atom is 0.262 e. The normalized spacial score (nSPS) is 14.3. The Labute approximate surface area is 184 Å². The molecular formula is C22H26N4O2S2. The van der Waals surface area contributed by atoms with E-state index in [1.165, 1.54) is 22.2 Å². The highest BCUT2D eigenvalue weighted by atomic mass is 32.2. The predicted molar refractivity (Wildman–Crippen MR) is 123 cm³/mol. The third-order valence-electron chi connectivity index (χ3n) is 5.54. The number of aryl methyl sites for hydroxylation is 2. The number of hydrogen-bond acceptors (Lipinski definition) is 6. The van der Waals surface area contributed by atoms with Crippen LogP contribution < -0.4 is 10.9 Å². The number of benzene rings is 1. The lowest BCUT2D eigenvalue weighted by Gasteiger charge is -2.25. The number of carbonyl (C=O) groups excluding carboxylic acids is 1. The van der Waals surface area contributed by atoms with Gasteiger partial charge in [-0.2, -0.15) is 0 Å². The van der Waals surface area contributed by atoms with Crippen molar-refractivity contribution in [3.63, 3.8) is 0 Å². The summed E-state index contributed by atoms with van der Waals surface area (Å²) in [4.78, 5) is 34.3. The summed E-state index contributed by atoms with van der Waals surface area (Å²) in [5, 5.41) is 4.39. The fourth-order valence-electron chi connectivity index (χ4n) is 3.90. The first kappa shape index (κ1) is 21.1. The standard InChI is InChI=1S/C22H26N4O2S2/c1-25(2)16(14-8-5-4-6-9-14)12-23-18(27)13-29-22-24-20-19(21(28)26(22)3)15-10-7-11-17(15)30-20/h4-6,8-9,16H,7,10-13H2,1-3H3,(H,23,27)/t16-/m1/s1. The quantitative estimate of drug-likeness (QED) is 0.450. The van der Waals surface area contributed by atoms with Gasteiger partial charge in [-0.1, -0.05) is 42.1 Å². The Bertz CT molecular complexity index is 1120. The lowest BCUT2D eigenvalue weighted by atomic mass is 10.1. The molecule has 0 fully saturated rings. The minimum absolute atomic E-state index is 0.000873. The monoisotopic (exact) mass is 442 g/mol. The van der Waals surface area contributed by atoms with E-state index < -0.39 is 0 Å². The molecular weight excluding hydrogens is 416 g/mol. The van der Waals surface area contributed by atoms with Crippen LogP contribution in [0.4, 0.5) is 0 Å². The second-order valence-electron chi connectivity index (χ2n) is 7.78. The average Bonchev–Trinajstić information content (AvgIpc) is 3.31. The second kappa shape index (κ2) is 8.91. The van der Waals surface area contributed by atoms with E-state index in [0.717, 1.165) is 35.0 Å². The fourth-order valence-corrected chi connectivity index (χ4v) is 6.00. The number of rotatable bonds is 7. The summed E-state index contributed by atoms with van der Waals surface area (Å²) >= 11 is 2.94. The predicted octanol–water partition coefficient (Wildman–Crippen LogP) is 2.99. The minimum atomic E-state index is -0.0641. The van der Waals surface area contributed by atoms with E-state index >= 15 is 0 Å². The Hall–Kier alpha value is -2.16. The molecule has 1 amide bonds. The molecule has 2 heterocycles. The van der Waals surface area contributed by atoms with Crippen LogP contribution in [-0.2, 0) is 24.7 Å². The molecule has 0 spiro atoms. The molecule has 4 rings (SSSR count). The zero-order valence-electron chi connectivity index (χ0n) is 17.5. The molecule has 0 radical (unpaired) electrons. The third-order valence-corrected chi connectivity index (χ3v) is 7.75. The summed E-state index contributed by atoms with van der Waals surface area (Å²) < 4.78 is 1.58. The van der Waals surface area contributed by atoms with Gasteiger partial charge in [0.15, 0.2) is 5.16 Å². The summed E-state index contributed by atoms with van der Waals surface area (Å²) in [6.45, 7) is 0.527. The zero-order valence-corrected chi connectivity index (χ0v) is 19.1. The highest BCUT2D eigenvalue weighted by molar-refractivity contribution is 7.99. The SMILES string of the molecule is CN(C)[C@H](CNC(=O)CSc1nc2sc3c(c2c(=O)n1C)CCC3)c1ccccc1. The number of amides is 1. The van der Waals surface area contributed by atoms with Gasteiger partial charge in [-0.3, -0.25) is 14.2 Å². The molecule has 0 saturated carbocycles. The summed E-state index contributed by atoms with van der Waals surface area (Å²) in [7, 11) is 5.75. The molecule has 2 aromatic heterocycles. The molecule has 0 aliphatic heterocycles. The van der Waals surface area contributed by atoms with Gasteiger partial charge in [-0.15, -0.1) is 11.3 Å². The fraction of sp³-hybridized carbons (Fsp3) is 0.409. The van der Waals surface area contributed by atoms with Crippen molar-refractivity contribution >= 4 is 39.2 Å². The number of aromatic nitrogens is 2. The maximum atomic E-state index is 12.9. The molecule has 8 heteroatoms. The first-order valence-corrected chi connectivity index (χ1v) is 11.9. The number of thioether (sulfide) groups is 1. The van der Waals surface area contributed by atoms with Gasteiger partial charge in [-0.05, 0) is 44.5 Å². The molecule has 1 N–H and O–H groups in total. The van der Waals surface area contributed by atoms with E-state index in [0.29, 0.717) is 11.7 Å². The van der Waals surface area contributed by atoms with Crippen LogP contribution in [-0.4, -0.2) is 46.8 Å². The maximum absolute atomic E-state index is 12.9. The molecule has 30 heavy (non-hydrogen) atoms. The lowest BCUT2D eigenvalue weighted by Crippen LogP contribution is -2.35. The van der Waals surface area contributed by atoms with Crippen molar-refractivity contribution in [2.45, 2.75) is 30.5 Å². The van der Waals surface area contributed by atoms with Crippen molar-refractivity contribution in [3.8, 4) is 0 Å². The van der Waals surface area contributed by atoms with Crippen molar-refractivity contribution in [2.24, 2.45) is 7.05 Å². The molecule has 1 aromatic carbocycles. The Balaban J connectivity index is 1.42. The molecule has 1 atom stereocenters. The first-order valence-electron chi connectivity index (χ1n) is 10.1. The second-order valence-corrected chi connectivity index (χ2v) is 9.81. The smallest absolute Gasteiger partial charge is 0.262 e. The number of nitrogens with one attached hydrogen (secondary N) is 1. The minimum Gasteiger partial charge on any atom is -0.353 e. The van der Waals surface area contributed by atoms with Crippen LogP contribution in [0, 0.1) is 0 Å². The summed E-state index contributed by atoms with van der Waals surface area (Å²) in [5.74, 6) is 0.164. The number of thiophene rings is 1. The number of fused-ring (bicyclic) bond motifs is 3. The Morgan fingerprint density at radius 2 is 2.07 bits per heavy atom. The van der Waals surface area contributed by atoms with Crippen molar-refractivity contribution < 1.29 is 4.79 Å². The van der Waals surface area contributed by atoms with Gasteiger partial charge in [0.2, 0.25) is 5.91 Å². The van der Waals surface area contributed by atoms with E-state index in [9.17, 15) is 9.59 Å². The molecule has 1 aliphatic carbocycles. The van der Waals surface area contributed by atoms with E-state index in [2.05, 4.69) is 22.3 Å². The highest BCUT2D eigenvalue weighted by Gasteiger charge is 2.23. The van der Waals surface area contributed by atoms with Crippen LogP contribution in [0.25, 0.3) is 10.2 Å². The lowest BCUT2D eigenvalue weighted by molar-refractivity contribution is -0.118. The van der Waals surface area contributed by atoms with Crippen LogP contribution >= 0.6 is 23.1 Å². The number of nitrogens with zero attached hydrogens (tertiary/aromatic N) is 3. The van der Waals surface area contributed by atoms with Crippen LogP contribution in [0.15, 0.2) is 40.3 Å². The number of hydrogen-bond donors (Lipinski definition) is 1. The van der Waals surface area contributed by atoms with Gasteiger partial charge in [0.05, 0.1) is 17.2 Å². The summed E-state index contributed by atoms with van der Waals surface area (Å²) in [6, 6.07) is 10.2. The van der Waals surface area contributed by atoms with Crippen molar-refractivity contribution in [2.75, 3.05) is 26.4 Å². The van der Waals surface area contributed by atoms with Crippen molar-refractivity contribution in [1.82, 2.24) is 19.8 Å². The third kappa shape index (κ3) is 4.17. The van der Waals surface area contributed by atoms with Gasteiger partial charge < -0.3 is 10.2 Å². The Kier molecular flexibility index (Phi) is 6.26. The Morgan fingerprint density at radius 3 is 2.80 bits per heavy atom. The van der Waals surface area contributed by atoms with E-state index in [1.807, 2.05) is 32.3 Å². The summed E-state index contributed by atoms with van der Waals surface area (Å²) in [5.41, 5.74) is 2.35. The van der Waals surface area contributed by atoms with E-state index in [-0.39, 0.29) is 23.3 Å². The van der Waals surface area contributed by atoms with Gasteiger partial charge in [0.1, 0.15) is 4.83 Å².